The third-order valence-corrected chi connectivity index (χ3v) is 4.51. The van der Waals surface area contributed by atoms with Crippen molar-refractivity contribution in [2.24, 2.45) is 0 Å². The summed E-state index contributed by atoms with van der Waals surface area (Å²) in [7, 11) is 0. The van der Waals surface area contributed by atoms with Gasteiger partial charge in [-0.1, -0.05) is 29.5 Å². The predicted molar refractivity (Wildman–Crippen MR) is 89.5 cm³/mol. The van der Waals surface area contributed by atoms with E-state index in [1.807, 2.05) is 30.0 Å². The number of alkyl halides is 3. The summed E-state index contributed by atoms with van der Waals surface area (Å²) in [5.74, 6) is 0.777. The van der Waals surface area contributed by atoms with Crippen molar-refractivity contribution in [3.63, 3.8) is 0 Å². The van der Waals surface area contributed by atoms with Crippen LogP contribution in [0.1, 0.15) is 12.5 Å². The average Bonchev–Trinajstić information content (AvgIpc) is 3.06. The van der Waals surface area contributed by atoms with Gasteiger partial charge in [-0.2, -0.15) is 13.2 Å². The van der Waals surface area contributed by atoms with Gasteiger partial charge in [-0.3, -0.25) is 0 Å². The molecule has 0 spiro atoms. The minimum Gasteiger partial charge on any atom is -0.317 e. The van der Waals surface area contributed by atoms with Gasteiger partial charge in [-0.25, -0.2) is 9.97 Å². The number of thiazole rings is 1. The van der Waals surface area contributed by atoms with Gasteiger partial charge in [0.25, 0.3) is 0 Å². The molecule has 0 N–H and O–H groups in total. The highest BCUT2D eigenvalue weighted by molar-refractivity contribution is 7.19. The molecule has 0 fully saturated rings. The Morgan fingerprint density at radius 3 is 2.58 bits per heavy atom. The van der Waals surface area contributed by atoms with Crippen molar-refractivity contribution in [2.45, 2.75) is 13.1 Å². The first-order chi connectivity index (χ1) is 11.5. The second-order valence-corrected chi connectivity index (χ2v) is 6.02. The smallest absolute Gasteiger partial charge is 0.317 e. The van der Waals surface area contributed by atoms with Gasteiger partial charge in [0.15, 0.2) is 0 Å². The zero-order valence-electron chi connectivity index (χ0n) is 12.8. The molecule has 7 heteroatoms. The largest absolute Gasteiger partial charge is 0.416 e. The zero-order valence-corrected chi connectivity index (χ0v) is 13.6. The molecule has 2 aromatic heterocycles. The summed E-state index contributed by atoms with van der Waals surface area (Å²) < 4.78 is 38.6. The van der Waals surface area contributed by atoms with E-state index < -0.39 is 11.7 Å². The van der Waals surface area contributed by atoms with Crippen LogP contribution < -0.4 is 4.90 Å². The van der Waals surface area contributed by atoms with Crippen LogP contribution in [0.25, 0.3) is 10.6 Å². The van der Waals surface area contributed by atoms with Crippen LogP contribution in [0.15, 0.2) is 54.9 Å². The van der Waals surface area contributed by atoms with E-state index in [0.717, 1.165) is 23.0 Å². The lowest BCUT2D eigenvalue weighted by Gasteiger charge is -2.18. The van der Waals surface area contributed by atoms with Gasteiger partial charge in [-0.15, -0.1) is 0 Å². The van der Waals surface area contributed by atoms with Crippen molar-refractivity contribution in [3.8, 4) is 10.6 Å². The fraction of sp³-hybridized carbons (Fsp3) is 0.176. The number of halogens is 3. The molecule has 3 rings (SSSR count). The lowest BCUT2D eigenvalue weighted by Crippen LogP contribution is -2.15. The van der Waals surface area contributed by atoms with Crippen LogP contribution in [0, 0.1) is 0 Å². The van der Waals surface area contributed by atoms with E-state index in [-0.39, 0.29) is 0 Å². The molecule has 0 aliphatic rings. The molecule has 0 bridgehead atoms. The van der Waals surface area contributed by atoms with Crippen LogP contribution in [-0.2, 0) is 6.18 Å². The molecule has 0 unspecified atom stereocenters. The number of benzene rings is 1. The first kappa shape index (κ1) is 16.4. The Labute approximate surface area is 141 Å². The van der Waals surface area contributed by atoms with Gasteiger partial charge in [0.05, 0.1) is 11.8 Å². The van der Waals surface area contributed by atoms with Crippen LogP contribution in [0.2, 0.25) is 0 Å². The number of nitrogens with zero attached hydrogens (tertiary/aromatic N) is 3. The van der Waals surface area contributed by atoms with Crippen LogP contribution in [0.4, 0.5) is 24.0 Å². The van der Waals surface area contributed by atoms with E-state index in [4.69, 9.17) is 0 Å². The third kappa shape index (κ3) is 3.41. The van der Waals surface area contributed by atoms with E-state index in [0.29, 0.717) is 17.1 Å². The molecule has 0 atom stereocenters. The number of pyridine rings is 1. The summed E-state index contributed by atoms with van der Waals surface area (Å²) >= 11 is 1.34. The van der Waals surface area contributed by atoms with E-state index >= 15 is 0 Å². The highest BCUT2D eigenvalue weighted by Crippen LogP contribution is 2.36. The highest BCUT2D eigenvalue weighted by Gasteiger charge is 2.30. The summed E-state index contributed by atoms with van der Waals surface area (Å²) in [6, 6.07) is 10.8. The fourth-order valence-corrected chi connectivity index (χ4v) is 3.28. The Hall–Kier alpha value is -2.41. The SMILES string of the molecule is CCN(c1ccccn1)c1cnc(-c2cccc(C(F)(F)F)c2)s1. The Morgan fingerprint density at radius 1 is 1.08 bits per heavy atom. The molecule has 0 saturated carbocycles. The van der Waals surface area contributed by atoms with Crippen LogP contribution in [0.5, 0.6) is 0 Å². The Kier molecular flexibility index (Phi) is 4.53. The van der Waals surface area contributed by atoms with Crippen molar-refractivity contribution in [3.05, 3.63) is 60.4 Å². The standard InChI is InChI=1S/C17H14F3N3S/c1-2-23(14-8-3-4-9-21-14)15-11-22-16(24-15)12-6-5-7-13(10-12)17(18,19)20/h3-11H,2H2,1H3. The van der Waals surface area contributed by atoms with E-state index in [9.17, 15) is 13.2 Å². The van der Waals surface area contributed by atoms with Crippen molar-refractivity contribution < 1.29 is 13.2 Å². The lowest BCUT2D eigenvalue weighted by atomic mass is 10.1. The number of hydrogen-bond acceptors (Lipinski definition) is 4. The molecule has 3 nitrogen and oxygen atoms in total. The molecule has 0 aliphatic heterocycles. The molecule has 124 valence electrons. The van der Waals surface area contributed by atoms with Crippen LogP contribution in [-0.4, -0.2) is 16.5 Å². The summed E-state index contributed by atoms with van der Waals surface area (Å²) in [6.07, 6.45) is -0.995. The van der Waals surface area contributed by atoms with Gasteiger partial charge >= 0.3 is 6.18 Å². The number of rotatable bonds is 4. The molecule has 0 amide bonds. The van der Waals surface area contributed by atoms with Gasteiger partial charge in [0, 0.05) is 18.3 Å². The molecule has 3 aromatic rings. The maximum absolute atomic E-state index is 12.9. The minimum absolute atomic E-state index is 0.457. The third-order valence-electron chi connectivity index (χ3n) is 3.44. The predicted octanol–water partition coefficient (Wildman–Crippen LogP) is 5.38. The van der Waals surface area contributed by atoms with Crippen molar-refractivity contribution in [2.75, 3.05) is 11.4 Å². The Morgan fingerprint density at radius 2 is 1.92 bits per heavy atom. The molecule has 1 aromatic carbocycles. The maximum atomic E-state index is 12.9. The summed E-state index contributed by atoms with van der Waals surface area (Å²) in [5.41, 5.74) is -0.216. The second-order valence-electron chi connectivity index (χ2n) is 5.01. The van der Waals surface area contributed by atoms with E-state index in [1.165, 1.54) is 17.4 Å². The van der Waals surface area contributed by atoms with Crippen LogP contribution >= 0.6 is 11.3 Å². The summed E-state index contributed by atoms with van der Waals surface area (Å²) in [4.78, 5) is 10.6. The molecular formula is C17H14F3N3S. The van der Waals surface area contributed by atoms with Crippen molar-refractivity contribution in [1.29, 1.82) is 0 Å². The first-order valence-corrected chi connectivity index (χ1v) is 8.12. The number of aromatic nitrogens is 2. The fourth-order valence-electron chi connectivity index (χ4n) is 2.30. The highest BCUT2D eigenvalue weighted by atomic mass is 32.1. The number of hydrogen-bond donors (Lipinski definition) is 0. The molecule has 0 saturated heterocycles. The molecule has 0 aliphatic carbocycles. The Bertz CT molecular complexity index is 815. The Balaban J connectivity index is 1.93. The zero-order chi connectivity index (χ0) is 17.2. The molecule has 2 heterocycles. The number of anilines is 2. The quantitative estimate of drug-likeness (QED) is 0.633. The topological polar surface area (TPSA) is 29.0 Å². The summed E-state index contributed by atoms with van der Waals surface area (Å²) in [5, 5.41) is 1.38. The average molecular weight is 349 g/mol. The van der Waals surface area contributed by atoms with E-state index in [1.54, 1.807) is 18.5 Å². The summed E-state index contributed by atoms with van der Waals surface area (Å²) in [6.45, 7) is 2.67. The normalized spacial score (nSPS) is 11.5. The second kappa shape index (κ2) is 6.60. The van der Waals surface area contributed by atoms with Gasteiger partial charge < -0.3 is 4.90 Å². The minimum atomic E-state index is -4.36. The lowest BCUT2D eigenvalue weighted by molar-refractivity contribution is -0.137. The molecule has 0 radical (unpaired) electrons. The van der Waals surface area contributed by atoms with Crippen molar-refractivity contribution in [1.82, 2.24) is 9.97 Å². The van der Waals surface area contributed by atoms with Gasteiger partial charge in [-0.05, 0) is 31.2 Å². The molecule has 24 heavy (non-hydrogen) atoms. The first-order valence-electron chi connectivity index (χ1n) is 7.31. The van der Waals surface area contributed by atoms with Crippen LogP contribution in [0.3, 0.4) is 0 Å². The van der Waals surface area contributed by atoms with Gasteiger partial charge in [0.1, 0.15) is 15.8 Å². The van der Waals surface area contributed by atoms with E-state index in [2.05, 4.69) is 9.97 Å². The molecular weight excluding hydrogens is 335 g/mol. The maximum Gasteiger partial charge on any atom is 0.416 e. The monoisotopic (exact) mass is 349 g/mol. The van der Waals surface area contributed by atoms with Gasteiger partial charge in [0.2, 0.25) is 0 Å². The van der Waals surface area contributed by atoms with Crippen molar-refractivity contribution >= 4 is 22.2 Å².